The molecule has 0 aliphatic carbocycles. The van der Waals surface area contributed by atoms with E-state index in [1.54, 1.807) is 7.11 Å². The van der Waals surface area contributed by atoms with Crippen LogP contribution >= 0.6 is 15.9 Å². The van der Waals surface area contributed by atoms with Gasteiger partial charge < -0.3 is 10.1 Å². The average Bonchev–Trinajstić information content (AvgIpc) is 2.47. The highest BCUT2D eigenvalue weighted by Gasteiger charge is 2.08. The number of carbonyl (C=O) groups excluding carboxylic acids is 1. The van der Waals surface area contributed by atoms with Gasteiger partial charge in [0.1, 0.15) is 5.75 Å². The van der Waals surface area contributed by atoms with Crippen LogP contribution in [0.15, 0.2) is 36.4 Å². The van der Waals surface area contributed by atoms with Gasteiger partial charge in [-0.15, -0.1) is 0 Å². The van der Waals surface area contributed by atoms with Gasteiger partial charge in [0.2, 0.25) is 5.91 Å². The average molecular weight is 322 g/mol. The molecule has 0 radical (unpaired) electrons. The van der Waals surface area contributed by atoms with Gasteiger partial charge in [-0.3, -0.25) is 4.79 Å². The van der Waals surface area contributed by atoms with Crippen molar-refractivity contribution in [1.82, 2.24) is 5.32 Å². The number of alkyl halides is 1. The lowest BCUT2D eigenvalue weighted by Gasteiger charge is -2.12. The SMILES string of the molecule is COc1ccc2ccccc2c1CCNC(=O)CBr. The second-order valence-corrected chi connectivity index (χ2v) is 4.76. The van der Waals surface area contributed by atoms with Crippen molar-refractivity contribution in [2.75, 3.05) is 19.0 Å². The number of halogens is 1. The number of amides is 1. The fourth-order valence-electron chi connectivity index (χ4n) is 2.14. The molecule has 1 N–H and O–H groups in total. The summed E-state index contributed by atoms with van der Waals surface area (Å²) in [6, 6.07) is 12.2. The highest BCUT2D eigenvalue weighted by atomic mass is 79.9. The molecule has 0 saturated carbocycles. The summed E-state index contributed by atoms with van der Waals surface area (Å²) in [6.07, 6.45) is 0.753. The number of benzene rings is 2. The molecule has 0 saturated heterocycles. The van der Waals surface area contributed by atoms with Gasteiger partial charge >= 0.3 is 0 Å². The maximum absolute atomic E-state index is 11.2. The Morgan fingerprint density at radius 1 is 1.26 bits per heavy atom. The second-order valence-electron chi connectivity index (χ2n) is 4.20. The van der Waals surface area contributed by atoms with Crippen LogP contribution in [-0.2, 0) is 11.2 Å². The van der Waals surface area contributed by atoms with E-state index < -0.39 is 0 Å². The third kappa shape index (κ3) is 3.26. The molecule has 2 aromatic carbocycles. The normalized spacial score (nSPS) is 10.4. The van der Waals surface area contributed by atoms with Gasteiger partial charge in [0, 0.05) is 12.1 Å². The zero-order valence-corrected chi connectivity index (χ0v) is 12.4. The molecule has 1 amide bonds. The Morgan fingerprint density at radius 3 is 2.79 bits per heavy atom. The number of rotatable bonds is 5. The van der Waals surface area contributed by atoms with Crippen molar-refractivity contribution in [3.05, 3.63) is 42.0 Å². The maximum Gasteiger partial charge on any atom is 0.230 e. The Morgan fingerprint density at radius 2 is 2.05 bits per heavy atom. The Bertz CT molecular complexity index is 583. The van der Waals surface area contributed by atoms with Gasteiger partial charge in [-0.05, 0) is 23.3 Å². The fourth-order valence-corrected chi connectivity index (χ4v) is 2.34. The lowest BCUT2D eigenvalue weighted by Crippen LogP contribution is -2.26. The third-order valence-electron chi connectivity index (χ3n) is 3.04. The molecule has 0 spiro atoms. The van der Waals surface area contributed by atoms with Crippen LogP contribution in [0.1, 0.15) is 5.56 Å². The summed E-state index contributed by atoms with van der Waals surface area (Å²) in [7, 11) is 1.67. The molecule has 2 aromatic rings. The molecule has 0 atom stereocenters. The molecule has 2 rings (SSSR count). The lowest BCUT2D eigenvalue weighted by atomic mass is 10.0. The molecule has 4 heteroatoms. The topological polar surface area (TPSA) is 38.3 Å². The molecule has 0 heterocycles. The van der Waals surface area contributed by atoms with E-state index in [9.17, 15) is 4.79 Å². The first-order chi connectivity index (χ1) is 9.26. The quantitative estimate of drug-likeness (QED) is 0.860. The van der Waals surface area contributed by atoms with Crippen LogP contribution < -0.4 is 10.1 Å². The molecule has 0 unspecified atom stereocenters. The van der Waals surface area contributed by atoms with Crippen molar-refractivity contribution in [2.45, 2.75) is 6.42 Å². The highest BCUT2D eigenvalue weighted by molar-refractivity contribution is 9.09. The Labute approximate surface area is 121 Å². The Kier molecular flexibility index (Phi) is 4.80. The third-order valence-corrected chi connectivity index (χ3v) is 3.55. The summed E-state index contributed by atoms with van der Waals surface area (Å²) in [6.45, 7) is 0.606. The summed E-state index contributed by atoms with van der Waals surface area (Å²) in [5.41, 5.74) is 1.13. The highest BCUT2D eigenvalue weighted by Crippen LogP contribution is 2.28. The summed E-state index contributed by atoms with van der Waals surface area (Å²) < 4.78 is 5.42. The number of hydrogen-bond acceptors (Lipinski definition) is 2. The van der Waals surface area contributed by atoms with Crippen molar-refractivity contribution >= 4 is 32.6 Å². The molecular weight excluding hydrogens is 306 g/mol. The minimum absolute atomic E-state index is 0.000737. The van der Waals surface area contributed by atoms with Gasteiger partial charge in [0.05, 0.1) is 12.4 Å². The number of ether oxygens (including phenoxy) is 1. The fraction of sp³-hybridized carbons (Fsp3) is 0.267. The molecule has 100 valence electrons. The van der Waals surface area contributed by atoms with Crippen molar-refractivity contribution in [3.8, 4) is 5.75 Å². The van der Waals surface area contributed by atoms with E-state index >= 15 is 0 Å². The minimum Gasteiger partial charge on any atom is -0.496 e. The molecular formula is C15H16BrNO2. The minimum atomic E-state index is -0.000737. The molecule has 0 fully saturated rings. The molecule has 0 bridgehead atoms. The van der Waals surface area contributed by atoms with E-state index in [0.717, 1.165) is 17.7 Å². The molecule has 3 nitrogen and oxygen atoms in total. The number of carbonyl (C=O) groups is 1. The lowest BCUT2D eigenvalue weighted by molar-refractivity contribution is -0.118. The van der Waals surface area contributed by atoms with Crippen molar-refractivity contribution < 1.29 is 9.53 Å². The first-order valence-corrected chi connectivity index (χ1v) is 7.25. The standard InChI is InChI=1S/C15H16BrNO2/c1-19-14-7-6-11-4-2-3-5-12(11)13(14)8-9-17-15(18)10-16/h2-7H,8-10H2,1H3,(H,17,18). The first-order valence-electron chi connectivity index (χ1n) is 6.13. The second kappa shape index (κ2) is 6.57. The van der Waals surface area contributed by atoms with Crippen LogP contribution in [0, 0.1) is 0 Å². The maximum atomic E-state index is 11.2. The van der Waals surface area contributed by atoms with E-state index in [4.69, 9.17) is 4.74 Å². The van der Waals surface area contributed by atoms with E-state index in [2.05, 4.69) is 39.4 Å². The zero-order chi connectivity index (χ0) is 13.7. The summed E-state index contributed by atoms with van der Waals surface area (Å²) >= 11 is 3.13. The monoisotopic (exact) mass is 321 g/mol. The Hall–Kier alpha value is -1.55. The molecule has 0 aromatic heterocycles. The van der Waals surface area contributed by atoms with E-state index in [0.29, 0.717) is 11.9 Å². The van der Waals surface area contributed by atoms with Crippen LogP contribution in [0.2, 0.25) is 0 Å². The van der Waals surface area contributed by atoms with Crippen LogP contribution in [0.5, 0.6) is 5.75 Å². The number of hydrogen-bond donors (Lipinski definition) is 1. The summed E-state index contributed by atoms with van der Waals surface area (Å²) in [5.74, 6) is 0.867. The Balaban J connectivity index is 2.26. The van der Waals surface area contributed by atoms with Gasteiger partial charge in [-0.2, -0.15) is 0 Å². The van der Waals surface area contributed by atoms with Crippen LogP contribution in [-0.4, -0.2) is 24.9 Å². The van der Waals surface area contributed by atoms with E-state index in [-0.39, 0.29) is 5.91 Å². The smallest absolute Gasteiger partial charge is 0.230 e. The number of nitrogens with one attached hydrogen (secondary N) is 1. The van der Waals surface area contributed by atoms with E-state index in [1.165, 1.54) is 10.8 Å². The summed E-state index contributed by atoms with van der Waals surface area (Å²) in [4.78, 5) is 11.2. The largest absolute Gasteiger partial charge is 0.496 e. The van der Waals surface area contributed by atoms with E-state index in [1.807, 2.05) is 18.2 Å². The van der Waals surface area contributed by atoms with Crippen molar-refractivity contribution in [1.29, 1.82) is 0 Å². The zero-order valence-electron chi connectivity index (χ0n) is 10.8. The molecule has 0 aliphatic heterocycles. The van der Waals surface area contributed by atoms with Crippen LogP contribution in [0.3, 0.4) is 0 Å². The van der Waals surface area contributed by atoms with Gasteiger partial charge in [0.25, 0.3) is 0 Å². The summed E-state index contributed by atoms with van der Waals surface area (Å²) in [5, 5.41) is 5.55. The predicted octanol–water partition coefficient (Wildman–Crippen LogP) is 2.90. The van der Waals surface area contributed by atoms with Gasteiger partial charge in [0.15, 0.2) is 0 Å². The van der Waals surface area contributed by atoms with Crippen LogP contribution in [0.4, 0.5) is 0 Å². The predicted molar refractivity (Wildman–Crippen MR) is 81.0 cm³/mol. The molecule has 0 aliphatic rings. The molecule has 19 heavy (non-hydrogen) atoms. The van der Waals surface area contributed by atoms with Crippen molar-refractivity contribution in [2.24, 2.45) is 0 Å². The van der Waals surface area contributed by atoms with Crippen molar-refractivity contribution in [3.63, 3.8) is 0 Å². The van der Waals surface area contributed by atoms with Gasteiger partial charge in [-0.25, -0.2) is 0 Å². The number of fused-ring (bicyclic) bond motifs is 1. The van der Waals surface area contributed by atoms with Gasteiger partial charge in [-0.1, -0.05) is 46.3 Å². The number of methoxy groups -OCH3 is 1. The van der Waals surface area contributed by atoms with Crippen LogP contribution in [0.25, 0.3) is 10.8 Å². The first kappa shape index (κ1) is 13.9.